The van der Waals surface area contributed by atoms with Crippen LogP contribution in [0, 0.1) is 0 Å². The summed E-state index contributed by atoms with van der Waals surface area (Å²) in [4.78, 5) is 33.8. The first kappa shape index (κ1) is 19.5. The van der Waals surface area contributed by atoms with Gasteiger partial charge in [-0.3, -0.25) is 9.59 Å². The number of rotatable bonds is 6. The Morgan fingerprint density at radius 1 is 1.08 bits per heavy atom. The van der Waals surface area contributed by atoms with Gasteiger partial charge in [-0.25, -0.2) is 4.79 Å². The first-order valence-corrected chi connectivity index (χ1v) is 7.55. The lowest BCUT2D eigenvalue weighted by molar-refractivity contribution is -0.142. The van der Waals surface area contributed by atoms with Crippen molar-refractivity contribution in [2.24, 2.45) is 0 Å². The van der Waals surface area contributed by atoms with E-state index in [0.717, 1.165) is 5.56 Å². The Labute approximate surface area is 141 Å². The Balaban J connectivity index is 2.32. The fourth-order valence-corrected chi connectivity index (χ4v) is 1.60. The van der Waals surface area contributed by atoms with E-state index in [1.807, 2.05) is 0 Å². The molecule has 0 aliphatic rings. The summed E-state index contributed by atoms with van der Waals surface area (Å²) in [5, 5.41) is 2.48. The predicted octanol–water partition coefficient (Wildman–Crippen LogP) is 2.57. The molecule has 0 atom stereocenters. The molecule has 0 fully saturated rings. The Morgan fingerprint density at radius 3 is 2.25 bits per heavy atom. The molecule has 0 saturated heterocycles. The molecule has 0 unspecified atom stereocenters. The summed E-state index contributed by atoms with van der Waals surface area (Å²) in [6, 6.07) is 6.62. The maximum atomic E-state index is 11.7. The Hall–Kier alpha value is -2.57. The zero-order chi connectivity index (χ0) is 18.2. The predicted molar refractivity (Wildman–Crippen MR) is 86.4 cm³/mol. The van der Waals surface area contributed by atoms with Gasteiger partial charge in [0.05, 0.1) is 6.42 Å². The number of hydrogen-bond donors (Lipinski definition) is 1. The van der Waals surface area contributed by atoms with Crippen LogP contribution in [0.5, 0.6) is 5.75 Å². The number of alkyl carbamates (subject to hydrolysis) is 1. The van der Waals surface area contributed by atoms with Gasteiger partial charge in [-0.05, 0) is 38.5 Å². The van der Waals surface area contributed by atoms with Crippen molar-refractivity contribution in [3.63, 3.8) is 0 Å². The lowest BCUT2D eigenvalue weighted by Crippen LogP contribution is -2.34. The quantitative estimate of drug-likeness (QED) is 0.634. The monoisotopic (exact) mass is 337 g/mol. The average molecular weight is 337 g/mol. The highest BCUT2D eigenvalue weighted by Gasteiger charge is 2.16. The largest absolute Gasteiger partial charge is 0.461 e. The average Bonchev–Trinajstić information content (AvgIpc) is 2.44. The van der Waals surface area contributed by atoms with Gasteiger partial charge in [0, 0.05) is 13.5 Å². The topological polar surface area (TPSA) is 90.9 Å². The molecular formula is C17H23NO6. The molecule has 0 bridgehead atoms. The fraction of sp³-hybridized carbons (Fsp3) is 0.471. The van der Waals surface area contributed by atoms with E-state index in [1.165, 1.54) is 6.92 Å². The molecule has 0 aliphatic carbocycles. The first-order chi connectivity index (χ1) is 11.2. The summed E-state index contributed by atoms with van der Waals surface area (Å²) in [5.41, 5.74) is 0.204. The Kier molecular flexibility index (Phi) is 7.23. The van der Waals surface area contributed by atoms with Crippen LogP contribution in [0.4, 0.5) is 4.79 Å². The molecule has 1 N–H and O–H groups in total. The van der Waals surface area contributed by atoms with Gasteiger partial charge in [0.1, 0.15) is 18.0 Å². The highest BCUT2D eigenvalue weighted by molar-refractivity contribution is 5.74. The number of carbonyl (C=O) groups excluding carboxylic acids is 3. The number of ether oxygens (including phenoxy) is 3. The molecule has 1 rings (SSSR count). The van der Waals surface area contributed by atoms with Crippen molar-refractivity contribution in [1.29, 1.82) is 0 Å². The highest BCUT2D eigenvalue weighted by Crippen LogP contribution is 2.13. The molecule has 1 aromatic rings. The summed E-state index contributed by atoms with van der Waals surface area (Å²) in [5.74, 6) is -0.453. The molecule has 1 aromatic carbocycles. The van der Waals surface area contributed by atoms with Crippen LogP contribution in [0.1, 0.15) is 39.7 Å². The van der Waals surface area contributed by atoms with Crippen LogP contribution in [0.3, 0.4) is 0 Å². The van der Waals surface area contributed by atoms with Crippen LogP contribution < -0.4 is 10.1 Å². The van der Waals surface area contributed by atoms with Crippen molar-refractivity contribution >= 4 is 18.0 Å². The van der Waals surface area contributed by atoms with Crippen LogP contribution in [0.2, 0.25) is 0 Å². The minimum Gasteiger partial charge on any atom is -0.461 e. The van der Waals surface area contributed by atoms with Crippen molar-refractivity contribution in [2.45, 2.75) is 46.3 Å². The third-order valence-corrected chi connectivity index (χ3v) is 2.59. The van der Waals surface area contributed by atoms with E-state index in [0.29, 0.717) is 5.75 Å². The van der Waals surface area contributed by atoms with E-state index < -0.39 is 17.7 Å². The molecule has 0 spiro atoms. The van der Waals surface area contributed by atoms with E-state index >= 15 is 0 Å². The standard InChI is InChI=1S/C17H23NO6/c1-12(19)22-11-13-5-7-14(8-6-13)23-15(20)9-10-18-16(21)24-17(2,3)4/h5-8H,9-11H2,1-4H3,(H,18,21). The normalized spacial score (nSPS) is 10.7. The highest BCUT2D eigenvalue weighted by atomic mass is 16.6. The van der Waals surface area contributed by atoms with Gasteiger partial charge in [0.15, 0.2) is 0 Å². The van der Waals surface area contributed by atoms with Crippen molar-refractivity contribution in [3.8, 4) is 5.75 Å². The number of carbonyl (C=O) groups is 3. The molecule has 0 aliphatic heterocycles. The third-order valence-electron chi connectivity index (χ3n) is 2.59. The van der Waals surface area contributed by atoms with Crippen molar-refractivity contribution < 1.29 is 28.6 Å². The van der Waals surface area contributed by atoms with Gasteiger partial charge in [0.2, 0.25) is 0 Å². The van der Waals surface area contributed by atoms with Gasteiger partial charge in [0.25, 0.3) is 0 Å². The second kappa shape index (κ2) is 8.90. The Bertz CT molecular complexity index is 574. The van der Waals surface area contributed by atoms with Crippen LogP contribution in [-0.4, -0.2) is 30.2 Å². The molecule has 132 valence electrons. The lowest BCUT2D eigenvalue weighted by Gasteiger charge is -2.19. The van der Waals surface area contributed by atoms with Gasteiger partial charge in [-0.15, -0.1) is 0 Å². The fourth-order valence-electron chi connectivity index (χ4n) is 1.60. The smallest absolute Gasteiger partial charge is 0.407 e. The van der Waals surface area contributed by atoms with E-state index in [9.17, 15) is 14.4 Å². The molecule has 24 heavy (non-hydrogen) atoms. The summed E-state index contributed by atoms with van der Waals surface area (Å²) >= 11 is 0. The molecule has 0 aromatic heterocycles. The third kappa shape index (κ3) is 8.77. The minimum absolute atomic E-state index is 0.0223. The first-order valence-electron chi connectivity index (χ1n) is 7.55. The summed E-state index contributed by atoms with van der Waals surface area (Å²) in [6.07, 6.45) is -0.556. The van der Waals surface area contributed by atoms with Crippen LogP contribution >= 0.6 is 0 Å². The van der Waals surface area contributed by atoms with Gasteiger partial charge in [-0.2, -0.15) is 0 Å². The van der Waals surface area contributed by atoms with E-state index in [-0.39, 0.29) is 25.5 Å². The maximum absolute atomic E-state index is 11.7. The SMILES string of the molecule is CC(=O)OCc1ccc(OC(=O)CCNC(=O)OC(C)(C)C)cc1. The second-order valence-corrected chi connectivity index (χ2v) is 6.08. The van der Waals surface area contributed by atoms with Gasteiger partial charge >= 0.3 is 18.0 Å². The summed E-state index contributed by atoms with van der Waals surface area (Å²) in [6.45, 7) is 6.90. The van der Waals surface area contributed by atoms with Crippen molar-refractivity contribution in [2.75, 3.05) is 6.54 Å². The molecule has 0 radical (unpaired) electrons. The van der Waals surface area contributed by atoms with Crippen LogP contribution in [-0.2, 0) is 25.7 Å². The van der Waals surface area contributed by atoms with Crippen molar-refractivity contribution in [1.82, 2.24) is 5.32 Å². The van der Waals surface area contributed by atoms with Gasteiger partial charge < -0.3 is 19.5 Å². The molecule has 7 nitrogen and oxygen atoms in total. The van der Waals surface area contributed by atoms with E-state index in [2.05, 4.69) is 5.32 Å². The molecule has 0 saturated carbocycles. The summed E-state index contributed by atoms with van der Waals surface area (Å²) < 4.78 is 15.1. The molecule has 1 amide bonds. The zero-order valence-corrected chi connectivity index (χ0v) is 14.4. The van der Waals surface area contributed by atoms with E-state index in [1.54, 1.807) is 45.0 Å². The molecule has 7 heteroatoms. The number of hydrogen-bond acceptors (Lipinski definition) is 6. The van der Waals surface area contributed by atoms with Crippen LogP contribution in [0.25, 0.3) is 0 Å². The number of esters is 2. The van der Waals surface area contributed by atoms with Crippen molar-refractivity contribution in [3.05, 3.63) is 29.8 Å². The summed E-state index contributed by atoms with van der Waals surface area (Å²) in [7, 11) is 0. The van der Waals surface area contributed by atoms with E-state index in [4.69, 9.17) is 14.2 Å². The Morgan fingerprint density at radius 2 is 1.71 bits per heavy atom. The second-order valence-electron chi connectivity index (χ2n) is 6.08. The zero-order valence-electron chi connectivity index (χ0n) is 14.4. The molecule has 0 heterocycles. The van der Waals surface area contributed by atoms with Crippen LogP contribution in [0.15, 0.2) is 24.3 Å². The maximum Gasteiger partial charge on any atom is 0.407 e. The van der Waals surface area contributed by atoms with Gasteiger partial charge in [-0.1, -0.05) is 12.1 Å². The minimum atomic E-state index is -0.585. The lowest BCUT2D eigenvalue weighted by atomic mass is 10.2. The number of amides is 1. The number of nitrogens with one attached hydrogen (secondary N) is 1. The molecular weight excluding hydrogens is 314 g/mol. The number of benzene rings is 1.